The fourth-order valence-corrected chi connectivity index (χ4v) is 2.73. The van der Waals surface area contributed by atoms with Gasteiger partial charge < -0.3 is 14.2 Å². The van der Waals surface area contributed by atoms with Gasteiger partial charge in [0.05, 0.1) is 29.9 Å². The number of hydrogen-bond donors (Lipinski definition) is 1. The largest absolute Gasteiger partial charge is 0.534 e. The van der Waals surface area contributed by atoms with E-state index < -0.39 is 34.7 Å². The van der Waals surface area contributed by atoms with Crippen LogP contribution in [-0.2, 0) is 25.8 Å². The average molecular weight is 435 g/mol. The summed E-state index contributed by atoms with van der Waals surface area (Å²) in [5.74, 6) is -1.17. The molecule has 0 spiro atoms. The Morgan fingerprint density at radius 3 is 2.58 bits per heavy atom. The van der Waals surface area contributed by atoms with Gasteiger partial charge in [-0.1, -0.05) is 5.06 Å². The monoisotopic (exact) mass is 435 g/mol. The Balaban J connectivity index is 1.78. The molecule has 1 unspecified atom stereocenters. The molecule has 164 valence electrons. The van der Waals surface area contributed by atoms with Crippen LogP contribution in [0, 0.1) is 10.1 Å². The molecule has 0 aliphatic carbocycles. The number of ether oxygens (including phenoxy) is 3. The third-order valence-electron chi connectivity index (χ3n) is 4.23. The normalized spacial score (nSPS) is 14.3. The zero-order valence-corrected chi connectivity index (χ0v) is 16.4. The van der Waals surface area contributed by atoms with Gasteiger partial charge in [0.1, 0.15) is 18.4 Å². The number of nitro groups is 1. The number of hydroxylamine groups is 2. The first-order valence-corrected chi connectivity index (χ1v) is 8.88. The van der Waals surface area contributed by atoms with Crippen molar-refractivity contribution >= 4 is 23.7 Å². The summed E-state index contributed by atoms with van der Waals surface area (Å²) < 4.78 is 15.8. The molecule has 1 saturated heterocycles. The predicted octanol–water partition coefficient (Wildman–Crippen LogP) is 1.58. The molecule has 0 radical (unpaired) electrons. The van der Waals surface area contributed by atoms with E-state index in [4.69, 9.17) is 14.2 Å². The van der Waals surface area contributed by atoms with E-state index >= 15 is 0 Å². The molecule has 1 aromatic carbocycles. The van der Waals surface area contributed by atoms with Crippen LogP contribution in [0.4, 0.5) is 10.5 Å². The average Bonchev–Trinajstić information content (AvgIpc) is 3.36. The Labute approximate surface area is 174 Å². The van der Waals surface area contributed by atoms with Gasteiger partial charge in [0, 0.05) is 12.8 Å². The lowest BCUT2D eigenvalue weighted by Crippen LogP contribution is -2.32. The number of nitro benzene ring substituents is 1. The van der Waals surface area contributed by atoms with Crippen LogP contribution in [0.1, 0.15) is 37.1 Å². The quantitative estimate of drug-likeness (QED) is 0.275. The van der Waals surface area contributed by atoms with E-state index in [1.54, 1.807) is 0 Å². The van der Waals surface area contributed by atoms with Crippen LogP contribution in [0.5, 0.6) is 11.5 Å². The number of carbonyl (C=O) groups excluding carboxylic acids is 3. The van der Waals surface area contributed by atoms with Gasteiger partial charge in [-0.3, -0.25) is 24.5 Å². The summed E-state index contributed by atoms with van der Waals surface area (Å²) in [5, 5.41) is 21.7. The minimum atomic E-state index is -1.37. The van der Waals surface area contributed by atoms with Gasteiger partial charge in [0.15, 0.2) is 11.5 Å². The molecule has 1 aliphatic rings. The first-order valence-electron chi connectivity index (χ1n) is 8.88. The summed E-state index contributed by atoms with van der Waals surface area (Å²) in [6.45, 7) is 1.33. The van der Waals surface area contributed by atoms with Crippen molar-refractivity contribution in [1.82, 2.24) is 20.5 Å². The van der Waals surface area contributed by atoms with Gasteiger partial charge in [-0.2, -0.15) is 15.4 Å². The number of benzene rings is 1. The van der Waals surface area contributed by atoms with Gasteiger partial charge in [-0.05, 0) is 13.0 Å². The van der Waals surface area contributed by atoms with Gasteiger partial charge in [-0.15, -0.1) is 0 Å². The number of carbonyl (C=O) groups is 3. The second-order valence-electron chi connectivity index (χ2n) is 6.25. The van der Waals surface area contributed by atoms with E-state index in [0.29, 0.717) is 10.8 Å². The van der Waals surface area contributed by atoms with Gasteiger partial charge >= 0.3 is 6.16 Å². The highest BCUT2D eigenvalue weighted by Gasteiger charge is 2.34. The van der Waals surface area contributed by atoms with Crippen LogP contribution in [0.3, 0.4) is 0 Å². The minimum absolute atomic E-state index is 0.0216. The van der Waals surface area contributed by atoms with Crippen molar-refractivity contribution in [1.29, 1.82) is 0 Å². The number of H-pyrrole nitrogens is 1. The van der Waals surface area contributed by atoms with E-state index in [2.05, 4.69) is 20.2 Å². The lowest BCUT2D eigenvalue weighted by atomic mass is 10.1. The number of nitrogens with zero attached hydrogens (tertiary/aromatic N) is 4. The number of nitrogens with one attached hydrogen (secondary N) is 1. The predicted molar refractivity (Wildman–Crippen MR) is 97.4 cm³/mol. The molecule has 1 aromatic heterocycles. The third-order valence-corrected chi connectivity index (χ3v) is 4.23. The van der Waals surface area contributed by atoms with E-state index in [0.717, 1.165) is 6.07 Å². The topological polar surface area (TPSA) is 176 Å². The molecule has 14 nitrogen and oxygen atoms in total. The van der Waals surface area contributed by atoms with E-state index in [1.807, 2.05) is 0 Å². The fourth-order valence-electron chi connectivity index (χ4n) is 2.73. The summed E-state index contributed by atoms with van der Waals surface area (Å²) in [5.41, 5.74) is 0.0236. The Morgan fingerprint density at radius 2 is 2.00 bits per heavy atom. The molecular formula is C17H17N5O9. The summed E-state index contributed by atoms with van der Waals surface area (Å²) in [4.78, 5) is 50.5. The van der Waals surface area contributed by atoms with Crippen molar-refractivity contribution in [2.75, 3.05) is 7.11 Å². The second-order valence-corrected chi connectivity index (χ2v) is 6.25. The van der Waals surface area contributed by atoms with Crippen molar-refractivity contribution in [3.8, 4) is 11.5 Å². The van der Waals surface area contributed by atoms with Crippen molar-refractivity contribution < 1.29 is 38.4 Å². The summed E-state index contributed by atoms with van der Waals surface area (Å²) in [7, 11) is 1.33. The molecule has 0 saturated carbocycles. The summed E-state index contributed by atoms with van der Waals surface area (Å²) in [6.07, 6.45) is -1.29. The molecule has 14 heteroatoms. The SMILES string of the molecule is COc1cc(C(C)OC(=O)ON2C(=O)CCC2=O)c([N+](=O)[O-])cc1OCc1cn[nH]n1. The molecule has 1 atom stereocenters. The number of hydrogen-bond acceptors (Lipinski definition) is 11. The maximum Gasteiger partial charge on any atom is 0.534 e. The van der Waals surface area contributed by atoms with E-state index in [-0.39, 0.29) is 36.5 Å². The number of amides is 2. The highest BCUT2D eigenvalue weighted by molar-refractivity contribution is 6.01. The van der Waals surface area contributed by atoms with Crippen LogP contribution in [0.2, 0.25) is 0 Å². The van der Waals surface area contributed by atoms with Gasteiger partial charge in [-0.25, -0.2) is 4.79 Å². The van der Waals surface area contributed by atoms with Crippen molar-refractivity contribution in [3.63, 3.8) is 0 Å². The van der Waals surface area contributed by atoms with Crippen molar-refractivity contribution in [2.24, 2.45) is 0 Å². The number of aromatic amines is 1. The van der Waals surface area contributed by atoms with Gasteiger partial charge in [0.2, 0.25) is 0 Å². The number of rotatable bonds is 8. The summed E-state index contributed by atoms with van der Waals surface area (Å²) >= 11 is 0. The van der Waals surface area contributed by atoms with E-state index in [1.165, 1.54) is 26.3 Å². The lowest BCUT2D eigenvalue weighted by molar-refractivity contribution is -0.386. The Hall–Kier alpha value is -4.23. The Bertz CT molecular complexity index is 992. The van der Waals surface area contributed by atoms with Crippen molar-refractivity contribution in [3.05, 3.63) is 39.7 Å². The fraction of sp³-hybridized carbons (Fsp3) is 0.353. The van der Waals surface area contributed by atoms with Crippen LogP contribution < -0.4 is 9.47 Å². The first-order chi connectivity index (χ1) is 14.8. The third kappa shape index (κ3) is 4.85. The van der Waals surface area contributed by atoms with Crippen LogP contribution in [0.25, 0.3) is 0 Å². The Morgan fingerprint density at radius 1 is 1.29 bits per heavy atom. The molecule has 2 amide bonds. The smallest absolute Gasteiger partial charge is 0.493 e. The van der Waals surface area contributed by atoms with E-state index in [9.17, 15) is 24.5 Å². The molecule has 31 heavy (non-hydrogen) atoms. The van der Waals surface area contributed by atoms with Crippen LogP contribution >= 0.6 is 0 Å². The van der Waals surface area contributed by atoms with Crippen LogP contribution in [0.15, 0.2) is 18.3 Å². The molecule has 1 aliphatic heterocycles. The standard InChI is InChI=1S/C17H17N5O9/c1-9(30-17(25)31-21-15(23)3-4-16(21)24)11-5-13(28-2)14(6-12(11)22(26)27)29-8-10-7-18-20-19-10/h5-7,9H,3-4,8H2,1-2H3,(H,18,19,20). The Kier molecular flexibility index (Phi) is 6.28. The maximum atomic E-state index is 12.0. The van der Waals surface area contributed by atoms with Gasteiger partial charge in [0.25, 0.3) is 17.5 Å². The summed E-state index contributed by atoms with van der Waals surface area (Å²) in [6, 6.07) is 2.40. The van der Waals surface area contributed by atoms with Crippen LogP contribution in [-0.4, -0.2) is 50.5 Å². The maximum absolute atomic E-state index is 12.0. The highest BCUT2D eigenvalue weighted by atomic mass is 16.8. The molecular weight excluding hydrogens is 418 g/mol. The zero-order valence-electron chi connectivity index (χ0n) is 16.4. The number of aromatic nitrogens is 3. The molecule has 0 bridgehead atoms. The second kappa shape index (κ2) is 9.06. The first kappa shape index (κ1) is 21.5. The zero-order chi connectivity index (χ0) is 22.5. The minimum Gasteiger partial charge on any atom is -0.493 e. The molecule has 2 heterocycles. The molecule has 3 rings (SSSR count). The molecule has 1 N–H and O–H groups in total. The number of methoxy groups -OCH3 is 1. The lowest BCUT2D eigenvalue weighted by Gasteiger charge is -2.18. The van der Waals surface area contributed by atoms with Crippen molar-refractivity contribution in [2.45, 2.75) is 32.5 Å². The molecule has 1 fully saturated rings. The number of imide groups is 1. The molecule has 2 aromatic rings. The highest BCUT2D eigenvalue weighted by Crippen LogP contribution is 2.39.